The Morgan fingerprint density at radius 2 is 1.28 bits per heavy atom. The van der Waals surface area contributed by atoms with E-state index < -0.39 is 60.0 Å². The van der Waals surface area contributed by atoms with Gasteiger partial charge in [0.1, 0.15) is 11.9 Å². The summed E-state index contributed by atoms with van der Waals surface area (Å²) in [6.07, 6.45) is -6.01. The summed E-state index contributed by atoms with van der Waals surface area (Å²) in [5.41, 5.74) is 5.33. The zero-order valence-corrected chi connectivity index (χ0v) is 24.8. The van der Waals surface area contributed by atoms with Crippen molar-refractivity contribution in [3.63, 3.8) is 0 Å². The van der Waals surface area contributed by atoms with E-state index in [1.807, 2.05) is 0 Å². The Kier molecular flexibility index (Phi) is 9.98. The van der Waals surface area contributed by atoms with E-state index in [1.54, 1.807) is 61.5 Å². The molecule has 5 rings (SSSR count). The monoisotopic (exact) mass is 625 g/mol. The number of rotatable bonds is 11. The van der Waals surface area contributed by atoms with Gasteiger partial charge in [0.2, 0.25) is 0 Å². The molecular weight excluding hydrogens is 594 g/mol. The smallest absolute Gasteiger partial charge is 0.351 e. The van der Waals surface area contributed by atoms with Crippen molar-refractivity contribution in [3.8, 4) is 0 Å². The van der Waals surface area contributed by atoms with Crippen LogP contribution in [0.4, 0.5) is 5.82 Å². The Balaban J connectivity index is 1.61. The number of nitrogen functional groups attached to an aromatic ring is 1. The second kappa shape index (κ2) is 14.4. The van der Waals surface area contributed by atoms with Crippen molar-refractivity contribution in [2.75, 3.05) is 5.73 Å². The van der Waals surface area contributed by atoms with Crippen LogP contribution in [0.2, 0.25) is 0 Å². The average Bonchev–Trinajstić information content (AvgIpc) is 3.41. The Morgan fingerprint density at radius 1 is 0.783 bits per heavy atom. The van der Waals surface area contributed by atoms with E-state index in [-0.39, 0.29) is 28.9 Å². The second-order valence-electron chi connectivity index (χ2n) is 10.4. The molecule has 1 aliphatic rings. The predicted octanol–water partition coefficient (Wildman–Crippen LogP) is 3.77. The maximum Gasteiger partial charge on any atom is 0.351 e. The van der Waals surface area contributed by atoms with Crippen LogP contribution < -0.4 is 11.4 Å². The zero-order valence-electron chi connectivity index (χ0n) is 24.8. The van der Waals surface area contributed by atoms with Crippen molar-refractivity contribution in [2.45, 2.75) is 50.4 Å². The number of Topliss-reactive ketones (excluding diaryl/α,β-unsaturated/α-hetero) is 1. The highest BCUT2D eigenvalue weighted by atomic mass is 16.7. The number of hydrogen-bond acceptors (Lipinski definition) is 11. The van der Waals surface area contributed by atoms with E-state index in [4.69, 9.17) is 24.7 Å². The van der Waals surface area contributed by atoms with Gasteiger partial charge in [-0.3, -0.25) is 9.36 Å². The minimum Gasteiger partial charge on any atom is -0.452 e. The largest absolute Gasteiger partial charge is 0.452 e. The van der Waals surface area contributed by atoms with Crippen LogP contribution in [0.1, 0.15) is 57.1 Å². The van der Waals surface area contributed by atoms with Crippen LogP contribution in [0.3, 0.4) is 0 Å². The summed E-state index contributed by atoms with van der Waals surface area (Å²) in [5, 5.41) is 0. The fourth-order valence-corrected chi connectivity index (χ4v) is 5.01. The van der Waals surface area contributed by atoms with Gasteiger partial charge in [0.15, 0.2) is 30.3 Å². The van der Waals surface area contributed by atoms with E-state index in [9.17, 15) is 24.0 Å². The number of anilines is 1. The van der Waals surface area contributed by atoms with Gasteiger partial charge in [-0.2, -0.15) is 4.98 Å². The first kappa shape index (κ1) is 31.8. The lowest BCUT2D eigenvalue weighted by Gasteiger charge is -2.28. The number of carbonyl (C=O) groups excluding carboxylic acids is 4. The summed E-state index contributed by atoms with van der Waals surface area (Å²) >= 11 is 0. The number of nitrogens with two attached hydrogens (primary N) is 1. The summed E-state index contributed by atoms with van der Waals surface area (Å²) in [5.74, 6) is -3.10. The van der Waals surface area contributed by atoms with E-state index >= 15 is 0 Å². The number of carbonyl (C=O) groups is 4. The molecule has 3 aromatic carbocycles. The van der Waals surface area contributed by atoms with Crippen LogP contribution in [0.5, 0.6) is 0 Å². The van der Waals surface area contributed by atoms with E-state index in [1.165, 1.54) is 48.7 Å². The number of ether oxygens (including phenoxy) is 4. The topological polar surface area (TPSA) is 166 Å². The van der Waals surface area contributed by atoms with Gasteiger partial charge in [-0.25, -0.2) is 19.2 Å². The lowest BCUT2D eigenvalue weighted by atomic mass is 9.99. The highest BCUT2D eigenvalue weighted by Crippen LogP contribution is 2.37. The first-order valence-corrected chi connectivity index (χ1v) is 14.6. The molecular formula is C34H31N3O9. The van der Waals surface area contributed by atoms with Gasteiger partial charge in [0.05, 0.1) is 16.7 Å². The minimum absolute atomic E-state index is 0.0194. The minimum atomic E-state index is -1.62. The van der Waals surface area contributed by atoms with Gasteiger partial charge in [0, 0.05) is 12.6 Å². The number of aromatic nitrogens is 2. The molecule has 46 heavy (non-hydrogen) atoms. The van der Waals surface area contributed by atoms with Crippen molar-refractivity contribution in [1.82, 2.24) is 9.55 Å². The summed E-state index contributed by atoms with van der Waals surface area (Å²) < 4.78 is 24.8. The van der Waals surface area contributed by atoms with Crippen LogP contribution in [-0.2, 0) is 23.7 Å². The van der Waals surface area contributed by atoms with Crippen LogP contribution in [0.25, 0.3) is 0 Å². The third-order valence-corrected chi connectivity index (χ3v) is 7.21. The molecule has 1 unspecified atom stereocenters. The summed E-state index contributed by atoms with van der Waals surface area (Å²) in [6.45, 7) is 1.77. The first-order chi connectivity index (χ1) is 22.3. The summed E-state index contributed by atoms with van der Waals surface area (Å²) in [6, 6.07) is 25.3. The fraction of sp³-hybridized carbons (Fsp3) is 0.235. The number of hydrogen-bond donors (Lipinski definition) is 1. The fourth-order valence-electron chi connectivity index (χ4n) is 5.01. The van der Waals surface area contributed by atoms with Gasteiger partial charge < -0.3 is 24.7 Å². The van der Waals surface area contributed by atoms with Crippen molar-refractivity contribution in [3.05, 3.63) is 130 Å². The van der Waals surface area contributed by atoms with Crippen LogP contribution in [-0.4, -0.2) is 57.7 Å². The second-order valence-corrected chi connectivity index (χ2v) is 10.4. The van der Waals surface area contributed by atoms with Gasteiger partial charge in [-0.1, -0.05) is 61.5 Å². The number of benzene rings is 3. The van der Waals surface area contributed by atoms with Crippen molar-refractivity contribution < 1.29 is 38.1 Å². The molecule has 0 aliphatic carbocycles. The summed E-state index contributed by atoms with van der Waals surface area (Å²) in [7, 11) is 0. The Hall–Kier alpha value is -5.62. The predicted molar refractivity (Wildman–Crippen MR) is 164 cm³/mol. The maximum absolute atomic E-state index is 13.6. The highest BCUT2D eigenvalue weighted by Gasteiger charge is 2.56. The molecule has 1 saturated heterocycles. The number of esters is 3. The molecule has 0 amide bonds. The number of nitrogens with zero attached hydrogens (tertiary/aromatic N) is 2. The third-order valence-electron chi connectivity index (χ3n) is 7.21. The van der Waals surface area contributed by atoms with Crippen molar-refractivity contribution in [1.29, 1.82) is 0 Å². The maximum atomic E-state index is 13.6. The normalized spacial score (nSPS) is 19.5. The molecule has 0 radical (unpaired) electrons. The molecule has 2 heterocycles. The molecule has 12 nitrogen and oxygen atoms in total. The molecule has 4 aromatic rings. The average molecular weight is 626 g/mol. The van der Waals surface area contributed by atoms with Crippen molar-refractivity contribution in [2.24, 2.45) is 0 Å². The molecule has 0 bridgehead atoms. The Labute approximate surface area is 263 Å². The van der Waals surface area contributed by atoms with Crippen LogP contribution >= 0.6 is 0 Å². The summed E-state index contributed by atoms with van der Waals surface area (Å²) in [4.78, 5) is 70.5. The van der Waals surface area contributed by atoms with E-state index in [2.05, 4.69) is 4.98 Å². The molecule has 236 valence electrons. The molecule has 0 spiro atoms. The van der Waals surface area contributed by atoms with Crippen molar-refractivity contribution >= 4 is 29.5 Å². The third kappa shape index (κ3) is 7.19. The lowest BCUT2D eigenvalue weighted by molar-refractivity contribution is -0.143. The molecule has 0 saturated carbocycles. The molecule has 1 aromatic heterocycles. The first-order valence-electron chi connectivity index (χ1n) is 14.6. The quantitative estimate of drug-likeness (QED) is 0.190. The van der Waals surface area contributed by atoms with Gasteiger partial charge >= 0.3 is 23.6 Å². The zero-order chi connectivity index (χ0) is 32.6. The lowest BCUT2D eigenvalue weighted by Crippen LogP contribution is -2.48. The van der Waals surface area contributed by atoms with E-state index in [0.717, 1.165) is 4.57 Å². The van der Waals surface area contributed by atoms with Gasteiger partial charge in [-0.05, 0) is 48.9 Å². The molecule has 1 aliphatic heterocycles. The SMILES string of the molecule is CCCC(=O)C(OC(=O)c1ccccc1)[C@H]1O[C@@H](n2ccc(N)nc2=O)[C@H](OC(=O)c2ccccc2)[C@@H]1OC(=O)c1ccccc1. The molecule has 1 fully saturated rings. The standard InChI is InChI=1S/C34H31N3O9/c1-2-12-24(38)26(44-31(39)21-13-6-3-7-14-21)27-28(45-32(40)22-15-8-4-9-16-22)29(46-33(41)23-17-10-5-11-18-23)30(43-27)37-20-19-25(35)36-34(37)42/h3-11,13-20,26-30H,2,12H2,1H3,(H2,35,36,42)/t26?,27-,28-,29-,30-/m1/s1. The van der Waals surface area contributed by atoms with Gasteiger partial charge in [0.25, 0.3) is 0 Å². The van der Waals surface area contributed by atoms with Gasteiger partial charge in [-0.15, -0.1) is 0 Å². The molecule has 2 N–H and O–H groups in total. The van der Waals surface area contributed by atoms with Crippen LogP contribution in [0.15, 0.2) is 108 Å². The molecule has 5 atom stereocenters. The highest BCUT2D eigenvalue weighted by molar-refractivity contribution is 5.93. The number of ketones is 1. The Bertz CT molecular complexity index is 1750. The Morgan fingerprint density at radius 3 is 1.78 bits per heavy atom. The van der Waals surface area contributed by atoms with E-state index in [0.29, 0.717) is 6.42 Å². The molecule has 12 heteroatoms. The van der Waals surface area contributed by atoms with Crippen LogP contribution in [0, 0.1) is 0 Å².